The van der Waals surface area contributed by atoms with Crippen molar-refractivity contribution < 1.29 is 14.3 Å². The highest BCUT2D eigenvalue weighted by Crippen LogP contribution is 2.14. The molecule has 0 unspecified atom stereocenters. The van der Waals surface area contributed by atoms with Crippen molar-refractivity contribution >= 4 is 34.9 Å². The lowest BCUT2D eigenvalue weighted by Crippen LogP contribution is -2.41. The second-order valence-electron chi connectivity index (χ2n) is 5.56. The molecule has 2 aromatic rings. The van der Waals surface area contributed by atoms with Crippen LogP contribution in [0.25, 0.3) is 0 Å². The lowest BCUT2D eigenvalue weighted by molar-refractivity contribution is -0.152. The number of esters is 1. The van der Waals surface area contributed by atoms with Crippen LogP contribution >= 0.6 is 12.2 Å². The fourth-order valence-electron chi connectivity index (χ4n) is 2.27. The molecular formula is C19H20N2O3S. The van der Waals surface area contributed by atoms with Crippen LogP contribution in [-0.4, -0.2) is 23.1 Å². The zero-order chi connectivity index (χ0) is 18.2. The molecule has 0 aliphatic heterocycles. The minimum atomic E-state index is -0.901. The molecule has 25 heavy (non-hydrogen) atoms. The van der Waals surface area contributed by atoms with Gasteiger partial charge in [0.05, 0.1) is 0 Å². The van der Waals surface area contributed by atoms with Crippen molar-refractivity contribution in [1.82, 2.24) is 5.32 Å². The van der Waals surface area contributed by atoms with Crippen LogP contribution in [0.15, 0.2) is 54.6 Å². The van der Waals surface area contributed by atoms with Crippen LogP contribution in [0.1, 0.15) is 25.0 Å². The summed E-state index contributed by atoms with van der Waals surface area (Å²) in [5, 5.41) is 5.63. The Labute approximate surface area is 152 Å². The van der Waals surface area contributed by atoms with Crippen molar-refractivity contribution in [2.24, 2.45) is 0 Å². The molecule has 1 amide bonds. The number of thiocarbonyl (C=S) groups is 1. The van der Waals surface area contributed by atoms with Gasteiger partial charge in [-0.15, -0.1) is 0 Å². The fourth-order valence-corrected chi connectivity index (χ4v) is 2.49. The van der Waals surface area contributed by atoms with E-state index in [1.54, 1.807) is 0 Å². The van der Waals surface area contributed by atoms with Crippen molar-refractivity contribution in [3.8, 4) is 0 Å². The topological polar surface area (TPSA) is 67.4 Å². The van der Waals surface area contributed by atoms with Gasteiger partial charge in [0, 0.05) is 12.6 Å². The van der Waals surface area contributed by atoms with Gasteiger partial charge in [-0.3, -0.25) is 14.9 Å². The van der Waals surface area contributed by atoms with E-state index in [-0.39, 0.29) is 5.11 Å². The predicted octanol–water partition coefficient (Wildman–Crippen LogP) is 3.04. The number of hydrogen-bond donors (Lipinski definition) is 2. The first-order chi connectivity index (χ1) is 11.9. The minimum absolute atomic E-state index is 0.154. The lowest BCUT2D eigenvalue weighted by atomic mass is 10.0. The predicted molar refractivity (Wildman–Crippen MR) is 101 cm³/mol. The van der Waals surface area contributed by atoms with E-state index < -0.39 is 18.0 Å². The third-order valence-corrected chi connectivity index (χ3v) is 3.59. The van der Waals surface area contributed by atoms with E-state index in [0.717, 1.165) is 17.7 Å². The highest BCUT2D eigenvalue weighted by Gasteiger charge is 2.16. The molecule has 1 atom stereocenters. The molecule has 2 N–H and O–H groups in total. The number of hydrogen-bond acceptors (Lipinski definition) is 4. The molecule has 0 heterocycles. The molecule has 2 aromatic carbocycles. The maximum atomic E-state index is 11.9. The van der Waals surface area contributed by atoms with Crippen LogP contribution in [0.4, 0.5) is 5.69 Å². The number of amides is 1. The van der Waals surface area contributed by atoms with E-state index in [4.69, 9.17) is 17.0 Å². The van der Waals surface area contributed by atoms with Crippen molar-refractivity contribution in [3.05, 3.63) is 65.7 Å². The maximum absolute atomic E-state index is 11.9. The molecule has 0 spiro atoms. The van der Waals surface area contributed by atoms with E-state index in [2.05, 4.69) is 22.8 Å². The van der Waals surface area contributed by atoms with Crippen molar-refractivity contribution in [1.29, 1.82) is 0 Å². The molecule has 130 valence electrons. The molecule has 0 bridgehead atoms. The lowest BCUT2D eigenvalue weighted by Gasteiger charge is -2.14. The summed E-state index contributed by atoms with van der Waals surface area (Å²) >= 11 is 5.13. The van der Waals surface area contributed by atoms with Crippen molar-refractivity contribution in [2.45, 2.75) is 26.4 Å². The Bertz CT molecular complexity index is 762. The number of benzene rings is 2. The summed E-state index contributed by atoms with van der Waals surface area (Å²) in [5.74, 6) is -0.997. The number of carbonyl (C=O) groups is 2. The summed E-state index contributed by atoms with van der Waals surface area (Å²) in [6, 6.07) is 17.9. The van der Waals surface area contributed by atoms with E-state index in [1.807, 2.05) is 42.5 Å². The summed E-state index contributed by atoms with van der Waals surface area (Å²) in [4.78, 5) is 22.7. The SMILES string of the molecule is CC(=O)O[C@@H](C)C(=O)NC(=S)Nc1cccc(Cc2ccccc2)c1. The average Bonchev–Trinajstić information content (AvgIpc) is 2.55. The Morgan fingerprint density at radius 2 is 1.76 bits per heavy atom. The van der Waals surface area contributed by atoms with Gasteiger partial charge in [0.15, 0.2) is 11.2 Å². The minimum Gasteiger partial charge on any atom is -0.453 e. The summed E-state index contributed by atoms with van der Waals surface area (Å²) in [6.45, 7) is 2.73. The Hall–Kier alpha value is -2.73. The normalized spacial score (nSPS) is 11.3. The number of rotatable bonds is 5. The molecule has 0 saturated heterocycles. The summed E-state index contributed by atoms with van der Waals surface area (Å²) < 4.78 is 4.81. The van der Waals surface area contributed by atoms with E-state index in [9.17, 15) is 9.59 Å². The van der Waals surface area contributed by atoms with E-state index in [0.29, 0.717) is 0 Å². The third kappa shape index (κ3) is 6.35. The molecule has 5 nitrogen and oxygen atoms in total. The second-order valence-corrected chi connectivity index (χ2v) is 5.97. The van der Waals surface area contributed by atoms with Crippen molar-refractivity contribution in [3.63, 3.8) is 0 Å². The van der Waals surface area contributed by atoms with Crippen LogP contribution in [0.3, 0.4) is 0 Å². The van der Waals surface area contributed by atoms with Crippen LogP contribution < -0.4 is 10.6 Å². The van der Waals surface area contributed by atoms with Crippen LogP contribution in [0.2, 0.25) is 0 Å². The van der Waals surface area contributed by atoms with Gasteiger partial charge in [-0.05, 0) is 48.8 Å². The Morgan fingerprint density at radius 3 is 2.44 bits per heavy atom. The number of carbonyl (C=O) groups excluding carboxylic acids is 2. The van der Waals surface area contributed by atoms with Gasteiger partial charge >= 0.3 is 5.97 Å². The van der Waals surface area contributed by atoms with Gasteiger partial charge < -0.3 is 10.1 Å². The Morgan fingerprint density at radius 1 is 1.08 bits per heavy atom. The number of ether oxygens (including phenoxy) is 1. The van der Waals surface area contributed by atoms with E-state index in [1.165, 1.54) is 19.4 Å². The number of nitrogens with one attached hydrogen (secondary N) is 2. The first kappa shape index (κ1) is 18.6. The molecule has 0 aliphatic rings. The molecule has 2 rings (SSSR count). The van der Waals surface area contributed by atoms with Gasteiger partial charge in [0.2, 0.25) is 0 Å². The first-order valence-corrected chi connectivity index (χ1v) is 8.27. The zero-order valence-corrected chi connectivity index (χ0v) is 14.9. The monoisotopic (exact) mass is 356 g/mol. The molecular weight excluding hydrogens is 336 g/mol. The van der Waals surface area contributed by atoms with Gasteiger partial charge in [-0.2, -0.15) is 0 Å². The largest absolute Gasteiger partial charge is 0.453 e. The molecule has 0 fully saturated rings. The first-order valence-electron chi connectivity index (χ1n) is 7.86. The van der Waals surface area contributed by atoms with Crippen LogP contribution in [0, 0.1) is 0 Å². The third-order valence-electron chi connectivity index (χ3n) is 3.38. The van der Waals surface area contributed by atoms with Gasteiger partial charge in [-0.1, -0.05) is 42.5 Å². The Balaban J connectivity index is 1.93. The van der Waals surface area contributed by atoms with Crippen LogP contribution in [0.5, 0.6) is 0 Å². The van der Waals surface area contributed by atoms with Crippen molar-refractivity contribution in [2.75, 3.05) is 5.32 Å². The van der Waals surface area contributed by atoms with E-state index >= 15 is 0 Å². The second kappa shape index (κ2) is 8.94. The molecule has 6 heteroatoms. The quantitative estimate of drug-likeness (QED) is 0.637. The Kier molecular flexibility index (Phi) is 6.65. The highest BCUT2D eigenvalue weighted by atomic mass is 32.1. The standard InChI is InChI=1S/C19H20N2O3S/c1-13(24-14(2)22)18(23)21-19(25)20-17-10-6-9-16(12-17)11-15-7-4-3-5-8-15/h3-10,12-13H,11H2,1-2H3,(H2,20,21,23,25)/t13-/m0/s1. The smallest absolute Gasteiger partial charge is 0.303 e. The molecule has 0 aromatic heterocycles. The van der Waals surface area contributed by atoms with Gasteiger partial charge in [-0.25, -0.2) is 0 Å². The molecule has 0 radical (unpaired) electrons. The molecule has 0 saturated carbocycles. The summed E-state index contributed by atoms with van der Waals surface area (Å²) in [5.41, 5.74) is 3.11. The summed E-state index contributed by atoms with van der Waals surface area (Å²) in [6.07, 6.45) is -0.0967. The zero-order valence-electron chi connectivity index (χ0n) is 14.1. The van der Waals surface area contributed by atoms with Crippen LogP contribution in [-0.2, 0) is 20.7 Å². The number of anilines is 1. The summed E-state index contributed by atoms with van der Waals surface area (Å²) in [7, 11) is 0. The average molecular weight is 356 g/mol. The van der Waals surface area contributed by atoms with Gasteiger partial charge in [0.1, 0.15) is 0 Å². The molecule has 0 aliphatic carbocycles. The maximum Gasteiger partial charge on any atom is 0.303 e. The highest BCUT2D eigenvalue weighted by molar-refractivity contribution is 7.80. The van der Waals surface area contributed by atoms with Gasteiger partial charge in [0.25, 0.3) is 5.91 Å². The fraction of sp³-hybridized carbons (Fsp3) is 0.211.